The van der Waals surface area contributed by atoms with E-state index in [0.717, 1.165) is 23.4 Å². The molecule has 0 radical (unpaired) electrons. The first-order chi connectivity index (χ1) is 12.7. The molecule has 3 amide bonds. The van der Waals surface area contributed by atoms with Crippen LogP contribution in [0.15, 0.2) is 35.3 Å². The second-order valence-corrected chi connectivity index (χ2v) is 5.72. The molecule has 0 unspecified atom stereocenters. The number of aryl methyl sites for hydroxylation is 2. The second kappa shape index (κ2) is 7.92. The molecule has 2 aromatic rings. The zero-order chi connectivity index (χ0) is 20.1. The maximum absolute atomic E-state index is 12.0. The Hall–Kier alpha value is -4.00. The Balaban J connectivity index is 2.11. The molecule has 0 aliphatic carbocycles. The van der Waals surface area contributed by atoms with Crippen LogP contribution in [0.4, 0.5) is 16.2 Å². The quantitative estimate of drug-likeness (QED) is 0.618. The van der Waals surface area contributed by atoms with Crippen molar-refractivity contribution in [2.24, 2.45) is 0 Å². The van der Waals surface area contributed by atoms with Crippen LogP contribution >= 0.6 is 0 Å². The lowest BCUT2D eigenvalue weighted by atomic mass is 10.1. The minimum Gasteiger partial charge on any atom is -0.308 e. The van der Waals surface area contributed by atoms with E-state index in [1.54, 1.807) is 18.2 Å². The first-order valence-electron chi connectivity index (χ1n) is 7.68. The van der Waals surface area contributed by atoms with Crippen LogP contribution in [0.1, 0.15) is 16.7 Å². The van der Waals surface area contributed by atoms with Gasteiger partial charge in [0.1, 0.15) is 18.2 Å². The van der Waals surface area contributed by atoms with Crippen LogP contribution in [0.3, 0.4) is 0 Å². The van der Waals surface area contributed by atoms with Crippen molar-refractivity contribution in [3.63, 3.8) is 0 Å². The maximum atomic E-state index is 12.0. The van der Waals surface area contributed by atoms with Crippen molar-refractivity contribution in [3.05, 3.63) is 67.6 Å². The van der Waals surface area contributed by atoms with Gasteiger partial charge in [-0.15, -0.1) is 0 Å². The van der Waals surface area contributed by atoms with Crippen LogP contribution in [0.2, 0.25) is 0 Å². The van der Waals surface area contributed by atoms with Crippen molar-refractivity contribution in [3.8, 4) is 6.07 Å². The van der Waals surface area contributed by atoms with E-state index >= 15 is 0 Å². The molecule has 10 heteroatoms. The highest BCUT2D eigenvalue weighted by Gasteiger charge is 2.16. The zero-order valence-corrected chi connectivity index (χ0v) is 14.5. The van der Waals surface area contributed by atoms with E-state index in [2.05, 4.69) is 5.32 Å². The predicted octanol–water partition coefficient (Wildman–Crippen LogP) is 1.59. The number of amides is 3. The average Bonchev–Trinajstić information content (AvgIpc) is 2.59. The highest BCUT2D eigenvalue weighted by atomic mass is 16.6. The van der Waals surface area contributed by atoms with Gasteiger partial charge in [0, 0.05) is 11.8 Å². The third-order valence-corrected chi connectivity index (χ3v) is 3.73. The molecule has 0 fully saturated rings. The number of rotatable bonds is 4. The van der Waals surface area contributed by atoms with Crippen molar-refractivity contribution in [1.82, 2.24) is 9.88 Å². The first-order valence-corrected chi connectivity index (χ1v) is 7.68. The Labute approximate surface area is 153 Å². The van der Waals surface area contributed by atoms with Gasteiger partial charge in [-0.05, 0) is 37.1 Å². The fraction of sp³-hybridized carbons (Fsp3) is 0.176. The largest absolute Gasteiger partial charge is 0.325 e. The molecule has 0 atom stereocenters. The minimum atomic E-state index is -0.872. The number of anilines is 1. The van der Waals surface area contributed by atoms with Gasteiger partial charge in [0.2, 0.25) is 5.91 Å². The lowest BCUT2D eigenvalue weighted by Gasteiger charge is -2.09. The molecular formula is C17H15N5O5. The lowest BCUT2D eigenvalue weighted by molar-refractivity contribution is -0.385. The molecule has 0 aliphatic rings. The number of nitrogens with one attached hydrogen (secondary N) is 2. The molecule has 0 saturated carbocycles. The number of aromatic nitrogens is 1. The highest BCUT2D eigenvalue weighted by molar-refractivity contribution is 6.01. The molecule has 1 aromatic heterocycles. The van der Waals surface area contributed by atoms with Crippen LogP contribution in [0.5, 0.6) is 0 Å². The Kier molecular flexibility index (Phi) is 5.67. The standard InChI is InChI=1S/C17H15N5O5/c1-10-3-4-13(5-11(10)2)19-17(25)20-15(23)9-21-8-14(22(26)27)6-12(7-18)16(21)24/h3-6,8H,9H2,1-2H3,(H2,19,20,23,25). The molecule has 27 heavy (non-hydrogen) atoms. The van der Waals surface area contributed by atoms with E-state index in [1.165, 1.54) is 6.07 Å². The number of hydrogen-bond donors (Lipinski definition) is 2. The molecule has 2 rings (SSSR count). The number of imide groups is 1. The molecule has 138 valence electrons. The van der Waals surface area contributed by atoms with Gasteiger partial charge in [0.15, 0.2) is 0 Å². The Bertz CT molecular complexity index is 1030. The van der Waals surface area contributed by atoms with Crippen molar-refractivity contribution >= 4 is 23.3 Å². The lowest BCUT2D eigenvalue weighted by Crippen LogP contribution is -2.38. The van der Waals surface area contributed by atoms with Gasteiger partial charge in [-0.3, -0.25) is 29.6 Å². The molecule has 1 heterocycles. The van der Waals surface area contributed by atoms with E-state index in [1.807, 2.05) is 19.2 Å². The molecule has 0 bridgehead atoms. The Morgan fingerprint density at radius 3 is 2.56 bits per heavy atom. The summed E-state index contributed by atoms with van der Waals surface area (Å²) in [5, 5.41) is 24.2. The summed E-state index contributed by atoms with van der Waals surface area (Å²) in [6.07, 6.45) is 0.837. The topological polar surface area (TPSA) is 147 Å². The van der Waals surface area contributed by atoms with E-state index < -0.39 is 40.2 Å². The monoisotopic (exact) mass is 369 g/mol. The number of nitrogens with zero attached hydrogens (tertiary/aromatic N) is 3. The Morgan fingerprint density at radius 1 is 1.26 bits per heavy atom. The number of carbonyl (C=O) groups is 2. The third-order valence-electron chi connectivity index (χ3n) is 3.73. The number of nitro groups is 1. The van der Waals surface area contributed by atoms with Gasteiger partial charge < -0.3 is 5.32 Å². The van der Waals surface area contributed by atoms with Gasteiger partial charge in [0.05, 0.1) is 11.1 Å². The Morgan fingerprint density at radius 2 is 1.96 bits per heavy atom. The van der Waals surface area contributed by atoms with Crippen LogP contribution in [0, 0.1) is 35.3 Å². The smallest absolute Gasteiger partial charge is 0.308 e. The SMILES string of the molecule is Cc1ccc(NC(=O)NC(=O)Cn2cc([N+](=O)[O-])cc(C#N)c2=O)cc1C. The minimum absolute atomic E-state index is 0.475. The summed E-state index contributed by atoms with van der Waals surface area (Å²) in [7, 11) is 0. The van der Waals surface area contributed by atoms with E-state index in [-0.39, 0.29) is 0 Å². The van der Waals surface area contributed by atoms with Gasteiger partial charge in [0.25, 0.3) is 11.2 Å². The number of benzene rings is 1. The van der Waals surface area contributed by atoms with Crippen LogP contribution < -0.4 is 16.2 Å². The van der Waals surface area contributed by atoms with Crippen molar-refractivity contribution in [2.75, 3.05) is 5.32 Å². The normalized spacial score (nSPS) is 9.96. The van der Waals surface area contributed by atoms with E-state index in [9.17, 15) is 24.5 Å². The van der Waals surface area contributed by atoms with Crippen molar-refractivity contribution < 1.29 is 14.5 Å². The molecule has 1 aromatic carbocycles. The van der Waals surface area contributed by atoms with E-state index in [4.69, 9.17) is 5.26 Å². The summed E-state index contributed by atoms with van der Waals surface area (Å²) in [5.74, 6) is -0.872. The molecule has 2 N–H and O–H groups in total. The molecule has 0 saturated heterocycles. The fourth-order valence-electron chi connectivity index (χ4n) is 2.22. The maximum Gasteiger partial charge on any atom is 0.325 e. The zero-order valence-electron chi connectivity index (χ0n) is 14.5. The van der Waals surface area contributed by atoms with Crippen molar-refractivity contribution in [2.45, 2.75) is 20.4 Å². The number of hydrogen-bond acceptors (Lipinski definition) is 6. The van der Waals surface area contributed by atoms with Gasteiger partial charge in [-0.25, -0.2) is 4.79 Å². The first kappa shape index (κ1) is 19.3. The third kappa shape index (κ3) is 4.76. The van der Waals surface area contributed by atoms with Gasteiger partial charge in [-0.1, -0.05) is 6.07 Å². The molecule has 0 aliphatic heterocycles. The summed E-state index contributed by atoms with van der Waals surface area (Å²) < 4.78 is 0.704. The summed E-state index contributed by atoms with van der Waals surface area (Å²) in [6.45, 7) is 3.12. The molecule has 0 spiro atoms. The summed E-state index contributed by atoms with van der Waals surface area (Å²) >= 11 is 0. The number of urea groups is 1. The van der Waals surface area contributed by atoms with Crippen LogP contribution in [-0.2, 0) is 11.3 Å². The van der Waals surface area contributed by atoms with Crippen LogP contribution in [0.25, 0.3) is 0 Å². The average molecular weight is 369 g/mol. The number of nitriles is 1. The second-order valence-electron chi connectivity index (χ2n) is 5.72. The summed E-state index contributed by atoms with van der Waals surface area (Å²) in [4.78, 5) is 46.0. The highest BCUT2D eigenvalue weighted by Crippen LogP contribution is 2.14. The molecule has 10 nitrogen and oxygen atoms in total. The van der Waals surface area contributed by atoms with Gasteiger partial charge >= 0.3 is 6.03 Å². The fourth-order valence-corrected chi connectivity index (χ4v) is 2.22. The van der Waals surface area contributed by atoms with Gasteiger partial charge in [-0.2, -0.15) is 5.26 Å². The number of carbonyl (C=O) groups excluding carboxylic acids is 2. The predicted molar refractivity (Wildman–Crippen MR) is 95.1 cm³/mol. The number of pyridine rings is 1. The molecular weight excluding hydrogens is 354 g/mol. The van der Waals surface area contributed by atoms with Crippen molar-refractivity contribution in [1.29, 1.82) is 5.26 Å². The van der Waals surface area contributed by atoms with Crippen LogP contribution in [-0.4, -0.2) is 21.4 Å². The van der Waals surface area contributed by atoms with E-state index in [0.29, 0.717) is 10.3 Å². The summed E-state index contributed by atoms with van der Waals surface area (Å²) in [5.41, 5.74) is 0.604. The summed E-state index contributed by atoms with van der Waals surface area (Å²) in [6, 6.07) is 6.74.